The van der Waals surface area contributed by atoms with Gasteiger partial charge in [-0.15, -0.1) is 0 Å². The number of pyridine rings is 1. The molecule has 1 unspecified atom stereocenters. The quantitative estimate of drug-likeness (QED) is 0.885. The van der Waals surface area contributed by atoms with Crippen LogP contribution >= 0.6 is 11.8 Å². The van der Waals surface area contributed by atoms with E-state index >= 15 is 0 Å². The Bertz CT molecular complexity index is 375. The smallest absolute Gasteiger partial charge is 0.0598 e. The second kappa shape index (κ2) is 6.43. The molecule has 1 saturated heterocycles. The fourth-order valence-electron chi connectivity index (χ4n) is 2.22. The summed E-state index contributed by atoms with van der Waals surface area (Å²) in [4.78, 5) is 6.70. The molecule has 0 spiro atoms. The third-order valence-electron chi connectivity index (χ3n) is 3.42. The summed E-state index contributed by atoms with van der Waals surface area (Å²) in [5.41, 5.74) is 2.62. The van der Waals surface area contributed by atoms with Crippen molar-refractivity contribution in [1.82, 2.24) is 10.3 Å². The normalized spacial score (nSPS) is 19.4. The van der Waals surface area contributed by atoms with Crippen molar-refractivity contribution < 1.29 is 0 Å². The zero-order chi connectivity index (χ0) is 13.0. The molecule has 0 saturated carbocycles. The Labute approximate surface area is 114 Å². The van der Waals surface area contributed by atoms with Gasteiger partial charge in [0.05, 0.1) is 11.9 Å². The molecule has 1 aromatic rings. The van der Waals surface area contributed by atoms with Crippen molar-refractivity contribution >= 4 is 17.4 Å². The lowest BCUT2D eigenvalue weighted by Gasteiger charge is -2.28. The van der Waals surface area contributed by atoms with E-state index in [1.807, 2.05) is 12.4 Å². The van der Waals surface area contributed by atoms with Crippen molar-refractivity contribution in [1.29, 1.82) is 0 Å². The van der Waals surface area contributed by atoms with Crippen LogP contribution in [0.5, 0.6) is 0 Å². The molecule has 0 bridgehead atoms. The number of aromatic nitrogens is 1. The van der Waals surface area contributed by atoms with E-state index in [9.17, 15) is 0 Å². The molecular weight excluding hydrogens is 242 g/mol. The first-order valence-electron chi connectivity index (χ1n) is 6.65. The fourth-order valence-corrected chi connectivity index (χ4v) is 3.49. The topological polar surface area (TPSA) is 28.2 Å². The number of hydrogen-bond donors (Lipinski definition) is 1. The van der Waals surface area contributed by atoms with Gasteiger partial charge in [0.2, 0.25) is 0 Å². The van der Waals surface area contributed by atoms with Gasteiger partial charge < -0.3 is 10.2 Å². The molecule has 1 aliphatic rings. The summed E-state index contributed by atoms with van der Waals surface area (Å²) in [5, 5.41) is 3.49. The predicted octanol–water partition coefficient (Wildman–Crippen LogP) is 2.52. The Hall–Kier alpha value is -0.740. The maximum absolute atomic E-state index is 4.29. The molecule has 3 nitrogen and oxygen atoms in total. The Morgan fingerprint density at radius 3 is 3.06 bits per heavy atom. The first kappa shape index (κ1) is 13.7. The van der Waals surface area contributed by atoms with Gasteiger partial charge in [-0.3, -0.25) is 4.98 Å². The van der Waals surface area contributed by atoms with Gasteiger partial charge in [-0.2, -0.15) is 11.8 Å². The van der Waals surface area contributed by atoms with E-state index in [4.69, 9.17) is 0 Å². The monoisotopic (exact) mass is 265 g/mol. The molecule has 2 rings (SSSR count). The highest BCUT2D eigenvalue weighted by atomic mass is 32.2. The molecule has 100 valence electrons. The molecule has 4 heteroatoms. The Morgan fingerprint density at radius 1 is 1.56 bits per heavy atom. The lowest BCUT2D eigenvalue weighted by Crippen LogP contribution is -2.33. The maximum atomic E-state index is 4.29. The van der Waals surface area contributed by atoms with Gasteiger partial charge >= 0.3 is 0 Å². The van der Waals surface area contributed by atoms with Crippen molar-refractivity contribution in [3.8, 4) is 0 Å². The summed E-state index contributed by atoms with van der Waals surface area (Å²) < 4.78 is 0. The maximum Gasteiger partial charge on any atom is 0.0598 e. The number of thioether (sulfide) groups is 1. The average Bonchev–Trinajstić information content (AvgIpc) is 2.89. The molecule has 1 aromatic heterocycles. The highest BCUT2D eigenvalue weighted by Gasteiger charge is 2.21. The van der Waals surface area contributed by atoms with Gasteiger partial charge in [-0.1, -0.05) is 13.8 Å². The SMILES string of the molecule is CC(C)NCc1ccncc1N(C)C1CCSC1. The minimum atomic E-state index is 0.512. The molecule has 0 amide bonds. The summed E-state index contributed by atoms with van der Waals surface area (Å²) in [6.45, 7) is 5.27. The minimum absolute atomic E-state index is 0.512. The molecule has 0 radical (unpaired) electrons. The number of nitrogens with zero attached hydrogens (tertiary/aromatic N) is 2. The van der Waals surface area contributed by atoms with Crippen LogP contribution in [0, 0.1) is 0 Å². The van der Waals surface area contributed by atoms with Crippen LogP contribution in [0.4, 0.5) is 5.69 Å². The molecule has 1 aliphatic heterocycles. The number of rotatable bonds is 5. The molecule has 1 atom stereocenters. The van der Waals surface area contributed by atoms with Crippen molar-refractivity contribution in [2.45, 2.75) is 38.9 Å². The van der Waals surface area contributed by atoms with Crippen molar-refractivity contribution in [3.05, 3.63) is 24.0 Å². The lowest BCUT2D eigenvalue weighted by molar-refractivity contribution is 0.586. The van der Waals surface area contributed by atoms with E-state index in [1.165, 1.54) is 29.2 Å². The Morgan fingerprint density at radius 2 is 2.39 bits per heavy atom. The van der Waals surface area contributed by atoms with Crippen LogP contribution in [-0.4, -0.2) is 35.6 Å². The fraction of sp³-hybridized carbons (Fsp3) is 0.643. The van der Waals surface area contributed by atoms with Gasteiger partial charge in [0, 0.05) is 37.6 Å². The summed E-state index contributed by atoms with van der Waals surface area (Å²) in [6, 6.07) is 3.30. The van der Waals surface area contributed by atoms with Crippen LogP contribution < -0.4 is 10.2 Å². The highest BCUT2D eigenvalue weighted by Crippen LogP contribution is 2.27. The molecule has 1 N–H and O–H groups in total. The third kappa shape index (κ3) is 3.39. The molecule has 2 heterocycles. The van der Waals surface area contributed by atoms with Crippen LogP contribution in [0.1, 0.15) is 25.8 Å². The van der Waals surface area contributed by atoms with Crippen molar-refractivity contribution in [2.24, 2.45) is 0 Å². The van der Waals surface area contributed by atoms with Crippen LogP contribution in [-0.2, 0) is 6.54 Å². The molecule has 1 fully saturated rings. The van der Waals surface area contributed by atoms with Crippen LogP contribution in [0.15, 0.2) is 18.5 Å². The van der Waals surface area contributed by atoms with E-state index in [0.717, 1.165) is 6.54 Å². The van der Waals surface area contributed by atoms with E-state index in [-0.39, 0.29) is 0 Å². The van der Waals surface area contributed by atoms with Crippen molar-refractivity contribution in [2.75, 3.05) is 23.5 Å². The Balaban J connectivity index is 2.10. The number of hydrogen-bond acceptors (Lipinski definition) is 4. The van der Waals surface area contributed by atoms with Gasteiger partial charge in [-0.25, -0.2) is 0 Å². The summed E-state index contributed by atoms with van der Waals surface area (Å²) in [5.74, 6) is 2.53. The van der Waals surface area contributed by atoms with E-state index in [0.29, 0.717) is 12.1 Å². The van der Waals surface area contributed by atoms with Crippen LogP contribution in [0.25, 0.3) is 0 Å². The van der Waals surface area contributed by atoms with Gasteiger partial charge in [0.15, 0.2) is 0 Å². The van der Waals surface area contributed by atoms with E-state index in [2.05, 4.69) is 53.9 Å². The average molecular weight is 265 g/mol. The van der Waals surface area contributed by atoms with Gasteiger partial charge in [0.1, 0.15) is 0 Å². The number of anilines is 1. The highest BCUT2D eigenvalue weighted by molar-refractivity contribution is 7.99. The lowest BCUT2D eigenvalue weighted by atomic mass is 10.1. The summed E-state index contributed by atoms with van der Waals surface area (Å²) >= 11 is 2.05. The largest absolute Gasteiger partial charge is 0.369 e. The zero-order valence-electron chi connectivity index (χ0n) is 11.5. The van der Waals surface area contributed by atoms with Gasteiger partial charge in [-0.05, 0) is 23.8 Å². The van der Waals surface area contributed by atoms with Crippen LogP contribution in [0.3, 0.4) is 0 Å². The van der Waals surface area contributed by atoms with Gasteiger partial charge in [0.25, 0.3) is 0 Å². The second-order valence-electron chi connectivity index (χ2n) is 5.17. The zero-order valence-corrected chi connectivity index (χ0v) is 12.3. The molecular formula is C14H23N3S. The third-order valence-corrected chi connectivity index (χ3v) is 4.57. The first-order chi connectivity index (χ1) is 8.68. The molecule has 0 aromatic carbocycles. The Kier molecular flexibility index (Phi) is 4.89. The number of nitrogens with one attached hydrogen (secondary N) is 1. The standard InChI is InChI=1S/C14H23N3S/c1-11(2)16-8-12-4-6-15-9-14(12)17(3)13-5-7-18-10-13/h4,6,9,11,13,16H,5,7-8,10H2,1-3H3. The minimum Gasteiger partial charge on any atom is -0.369 e. The summed E-state index contributed by atoms with van der Waals surface area (Å²) in [7, 11) is 2.20. The van der Waals surface area contributed by atoms with Crippen LogP contribution in [0.2, 0.25) is 0 Å². The first-order valence-corrected chi connectivity index (χ1v) is 7.81. The second-order valence-corrected chi connectivity index (χ2v) is 6.32. The predicted molar refractivity (Wildman–Crippen MR) is 80.3 cm³/mol. The van der Waals surface area contributed by atoms with E-state index in [1.54, 1.807) is 0 Å². The molecule has 18 heavy (non-hydrogen) atoms. The van der Waals surface area contributed by atoms with Crippen molar-refractivity contribution in [3.63, 3.8) is 0 Å². The summed E-state index contributed by atoms with van der Waals surface area (Å²) in [6.07, 6.45) is 5.17. The molecule has 0 aliphatic carbocycles. The van der Waals surface area contributed by atoms with E-state index < -0.39 is 0 Å².